The molecule has 0 saturated heterocycles. The molecular formula is C15H24O. The third-order valence-electron chi connectivity index (χ3n) is 2.58. The topological polar surface area (TPSA) is 9.23 Å². The lowest BCUT2D eigenvalue weighted by Crippen LogP contribution is -2.13. The lowest BCUT2D eigenvalue weighted by molar-refractivity contribution is 0.240. The second-order valence-corrected chi connectivity index (χ2v) is 5.82. The summed E-state index contributed by atoms with van der Waals surface area (Å²) >= 11 is 0. The largest absolute Gasteiger partial charge is 0.494 e. The van der Waals surface area contributed by atoms with Crippen molar-refractivity contribution in [3.05, 3.63) is 30.3 Å². The summed E-state index contributed by atoms with van der Waals surface area (Å²) in [5.41, 5.74) is 0.423. The van der Waals surface area contributed by atoms with Crippen LogP contribution in [0.2, 0.25) is 0 Å². The van der Waals surface area contributed by atoms with E-state index in [0.717, 1.165) is 24.7 Å². The summed E-state index contributed by atoms with van der Waals surface area (Å²) in [5, 5.41) is 0. The van der Waals surface area contributed by atoms with Crippen LogP contribution >= 0.6 is 0 Å². The minimum atomic E-state index is 0.423. The van der Waals surface area contributed by atoms with Gasteiger partial charge in [-0.05, 0) is 36.3 Å². The van der Waals surface area contributed by atoms with Crippen LogP contribution in [0, 0.1) is 11.3 Å². The molecule has 0 bridgehead atoms. The van der Waals surface area contributed by atoms with Crippen LogP contribution in [0.1, 0.15) is 40.5 Å². The predicted octanol–water partition coefficient (Wildman–Crippen LogP) is 4.53. The van der Waals surface area contributed by atoms with Crippen molar-refractivity contribution in [1.82, 2.24) is 0 Å². The summed E-state index contributed by atoms with van der Waals surface area (Å²) in [6.07, 6.45) is 2.39. The van der Waals surface area contributed by atoms with Gasteiger partial charge < -0.3 is 4.74 Å². The van der Waals surface area contributed by atoms with Crippen LogP contribution in [0.25, 0.3) is 0 Å². The first-order chi connectivity index (χ1) is 7.47. The molecule has 0 heterocycles. The van der Waals surface area contributed by atoms with Gasteiger partial charge in [0.1, 0.15) is 5.75 Å². The molecule has 0 aliphatic rings. The molecule has 1 aromatic carbocycles. The molecule has 1 atom stereocenters. The second-order valence-electron chi connectivity index (χ2n) is 5.82. The Labute approximate surface area is 99.8 Å². The van der Waals surface area contributed by atoms with E-state index in [9.17, 15) is 0 Å². The van der Waals surface area contributed by atoms with Gasteiger partial charge in [0.05, 0.1) is 6.61 Å². The first-order valence-corrected chi connectivity index (χ1v) is 6.15. The Morgan fingerprint density at radius 3 is 2.31 bits per heavy atom. The number of rotatable bonds is 5. The van der Waals surface area contributed by atoms with E-state index < -0.39 is 0 Å². The normalized spacial score (nSPS) is 13.5. The van der Waals surface area contributed by atoms with E-state index in [4.69, 9.17) is 4.74 Å². The summed E-state index contributed by atoms with van der Waals surface area (Å²) in [4.78, 5) is 0. The van der Waals surface area contributed by atoms with Crippen LogP contribution in [0.5, 0.6) is 5.75 Å². The fraction of sp³-hybridized carbons (Fsp3) is 0.600. The predicted molar refractivity (Wildman–Crippen MR) is 69.8 cm³/mol. The van der Waals surface area contributed by atoms with Crippen LogP contribution in [0.15, 0.2) is 30.3 Å². The molecule has 0 aliphatic carbocycles. The van der Waals surface area contributed by atoms with Gasteiger partial charge in [0.15, 0.2) is 0 Å². The summed E-state index contributed by atoms with van der Waals surface area (Å²) in [5.74, 6) is 1.70. The highest BCUT2D eigenvalue weighted by Crippen LogP contribution is 2.25. The number of ether oxygens (including phenoxy) is 1. The van der Waals surface area contributed by atoms with Crippen LogP contribution in [0.3, 0.4) is 0 Å². The molecule has 0 amide bonds. The van der Waals surface area contributed by atoms with E-state index in [-0.39, 0.29) is 0 Å². The van der Waals surface area contributed by atoms with Crippen molar-refractivity contribution in [3.63, 3.8) is 0 Å². The molecule has 1 rings (SSSR count). The van der Waals surface area contributed by atoms with Crippen molar-refractivity contribution in [2.75, 3.05) is 6.61 Å². The van der Waals surface area contributed by atoms with Gasteiger partial charge in [0.2, 0.25) is 0 Å². The van der Waals surface area contributed by atoms with Gasteiger partial charge in [-0.1, -0.05) is 45.9 Å². The lowest BCUT2D eigenvalue weighted by Gasteiger charge is -2.23. The van der Waals surface area contributed by atoms with Crippen molar-refractivity contribution in [3.8, 4) is 5.75 Å². The van der Waals surface area contributed by atoms with Gasteiger partial charge in [-0.3, -0.25) is 0 Å². The quantitative estimate of drug-likeness (QED) is 0.708. The Hall–Kier alpha value is -0.980. The number of hydrogen-bond donors (Lipinski definition) is 0. The summed E-state index contributed by atoms with van der Waals surface area (Å²) in [7, 11) is 0. The van der Waals surface area contributed by atoms with Gasteiger partial charge in [0, 0.05) is 0 Å². The Morgan fingerprint density at radius 1 is 1.12 bits per heavy atom. The van der Waals surface area contributed by atoms with Crippen molar-refractivity contribution in [2.45, 2.75) is 40.5 Å². The molecule has 0 spiro atoms. The molecular weight excluding hydrogens is 196 g/mol. The maximum absolute atomic E-state index is 5.69. The molecule has 0 aromatic heterocycles. The fourth-order valence-corrected chi connectivity index (χ4v) is 2.04. The zero-order chi connectivity index (χ0) is 12.0. The van der Waals surface area contributed by atoms with E-state index in [1.54, 1.807) is 0 Å². The molecule has 1 heteroatoms. The first kappa shape index (κ1) is 13.1. The molecule has 0 fully saturated rings. The smallest absolute Gasteiger partial charge is 0.119 e. The third kappa shape index (κ3) is 5.79. The van der Waals surface area contributed by atoms with E-state index in [1.807, 2.05) is 30.3 Å². The maximum Gasteiger partial charge on any atom is 0.119 e. The summed E-state index contributed by atoms with van der Waals surface area (Å²) in [6.45, 7) is 10.0. The minimum Gasteiger partial charge on any atom is -0.494 e. The molecule has 0 N–H and O–H groups in total. The Bertz CT molecular complexity index is 284. The molecule has 16 heavy (non-hydrogen) atoms. The van der Waals surface area contributed by atoms with E-state index in [0.29, 0.717) is 5.41 Å². The van der Waals surface area contributed by atoms with Crippen molar-refractivity contribution in [1.29, 1.82) is 0 Å². The number of hydrogen-bond acceptors (Lipinski definition) is 1. The third-order valence-corrected chi connectivity index (χ3v) is 2.58. The highest BCUT2D eigenvalue weighted by atomic mass is 16.5. The van der Waals surface area contributed by atoms with Gasteiger partial charge >= 0.3 is 0 Å². The van der Waals surface area contributed by atoms with Crippen molar-refractivity contribution in [2.24, 2.45) is 11.3 Å². The van der Waals surface area contributed by atoms with Crippen molar-refractivity contribution < 1.29 is 4.74 Å². The zero-order valence-corrected chi connectivity index (χ0v) is 11.0. The molecule has 0 radical (unpaired) electrons. The molecule has 90 valence electrons. The van der Waals surface area contributed by atoms with E-state index in [2.05, 4.69) is 27.7 Å². The molecule has 0 saturated carbocycles. The molecule has 1 nitrogen and oxygen atoms in total. The minimum absolute atomic E-state index is 0.423. The molecule has 1 aromatic rings. The Kier molecular flexibility index (Phi) is 4.85. The first-order valence-electron chi connectivity index (χ1n) is 6.15. The van der Waals surface area contributed by atoms with Gasteiger partial charge in [-0.15, -0.1) is 0 Å². The van der Waals surface area contributed by atoms with Crippen molar-refractivity contribution >= 4 is 0 Å². The maximum atomic E-state index is 5.69. The molecule has 1 unspecified atom stereocenters. The van der Waals surface area contributed by atoms with Crippen LogP contribution in [-0.2, 0) is 0 Å². The molecule has 0 aliphatic heterocycles. The highest BCUT2D eigenvalue weighted by molar-refractivity contribution is 5.20. The number of para-hydroxylation sites is 1. The zero-order valence-electron chi connectivity index (χ0n) is 11.0. The van der Waals surface area contributed by atoms with Crippen LogP contribution < -0.4 is 4.74 Å². The monoisotopic (exact) mass is 220 g/mol. The SMILES string of the molecule is CC(CCOc1ccccc1)CC(C)(C)C. The summed E-state index contributed by atoms with van der Waals surface area (Å²) in [6, 6.07) is 10.0. The van der Waals surface area contributed by atoms with Crippen LogP contribution in [0.4, 0.5) is 0 Å². The fourth-order valence-electron chi connectivity index (χ4n) is 2.04. The average molecular weight is 220 g/mol. The van der Waals surface area contributed by atoms with E-state index in [1.165, 1.54) is 6.42 Å². The second kappa shape index (κ2) is 5.93. The van der Waals surface area contributed by atoms with Crippen LogP contribution in [-0.4, -0.2) is 6.61 Å². The Morgan fingerprint density at radius 2 is 1.75 bits per heavy atom. The van der Waals surface area contributed by atoms with Gasteiger partial charge in [-0.2, -0.15) is 0 Å². The highest BCUT2D eigenvalue weighted by Gasteiger charge is 2.14. The lowest BCUT2D eigenvalue weighted by atomic mass is 9.84. The van der Waals surface area contributed by atoms with E-state index >= 15 is 0 Å². The number of benzene rings is 1. The standard InChI is InChI=1S/C15H24O/c1-13(12-15(2,3)4)10-11-16-14-8-6-5-7-9-14/h5-9,13H,10-12H2,1-4H3. The van der Waals surface area contributed by atoms with Gasteiger partial charge in [-0.25, -0.2) is 0 Å². The van der Waals surface area contributed by atoms with Gasteiger partial charge in [0.25, 0.3) is 0 Å². The Balaban J connectivity index is 2.21. The summed E-state index contributed by atoms with van der Waals surface area (Å²) < 4.78 is 5.69. The average Bonchev–Trinajstić information content (AvgIpc) is 2.16.